The lowest BCUT2D eigenvalue weighted by Crippen LogP contribution is -2.02. The summed E-state index contributed by atoms with van der Waals surface area (Å²) in [7, 11) is 0. The molecule has 0 heterocycles. The van der Waals surface area contributed by atoms with Crippen molar-refractivity contribution in [3.63, 3.8) is 0 Å². The molecule has 0 unspecified atom stereocenters. The Morgan fingerprint density at radius 2 is 1.33 bits per heavy atom. The molecular weight excluding hydrogens is 456 g/mol. The number of ether oxygens (including phenoxy) is 1. The van der Waals surface area contributed by atoms with Gasteiger partial charge in [-0.1, -0.05) is 25.5 Å². The first-order valence-corrected chi connectivity index (χ1v) is 9.68. The molecule has 0 saturated carbocycles. The lowest BCUT2D eigenvalue weighted by Gasteiger charge is -2.12. The first kappa shape index (κ1) is 24.3. The molecule has 0 aromatic heterocycles. The highest BCUT2D eigenvalue weighted by atomic mass is 19.4. The zero-order valence-corrected chi connectivity index (χ0v) is 17.0. The number of hydrogen-bond acceptors (Lipinski definition) is 1. The van der Waals surface area contributed by atoms with Crippen molar-refractivity contribution in [3.8, 4) is 28.0 Å². The van der Waals surface area contributed by atoms with E-state index in [1.54, 1.807) is 6.07 Å². The Hall–Kier alpha value is -3.36. The fraction of sp³-hybridized carbons (Fsp3) is 0.167. The van der Waals surface area contributed by atoms with Crippen LogP contribution in [0.3, 0.4) is 0 Å². The molecule has 9 heteroatoms. The average molecular weight is 472 g/mol. The van der Waals surface area contributed by atoms with Gasteiger partial charge < -0.3 is 4.74 Å². The zero-order valence-electron chi connectivity index (χ0n) is 17.0. The van der Waals surface area contributed by atoms with Gasteiger partial charge in [-0.3, -0.25) is 0 Å². The molecule has 0 spiro atoms. The number of aryl methyl sites for hydroxylation is 1. The van der Waals surface area contributed by atoms with Crippen molar-refractivity contribution in [2.45, 2.75) is 25.9 Å². The third-order valence-electron chi connectivity index (χ3n) is 4.66. The van der Waals surface area contributed by atoms with Gasteiger partial charge in [0.2, 0.25) is 0 Å². The van der Waals surface area contributed by atoms with Crippen molar-refractivity contribution in [3.05, 3.63) is 89.5 Å². The molecule has 0 aliphatic carbocycles. The number of alkyl halides is 3. The van der Waals surface area contributed by atoms with Gasteiger partial charge in [-0.25, -0.2) is 22.0 Å². The summed E-state index contributed by atoms with van der Waals surface area (Å²) < 4.78 is 113. The summed E-state index contributed by atoms with van der Waals surface area (Å²) in [6.07, 6.45) is -3.70. The molecule has 0 fully saturated rings. The SMILES string of the molecule is CCCc1ccc(-c2cc(F)c(-c3cc(F)c(OC=CC(F)(F)F)c(F)c3)c(F)c2)c(F)c1. The van der Waals surface area contributed by atoms with Crippen LogP contribution in [0, 0.1) is 29.1 Å². The van der Waals surface area contributed by atoms with Crippen LogP contribution in [0.25, 0.3) is 22.3 Å². The second-order valence-corrected chi connectivity index (χ2v) is 7.11. The van der Waals surface area contributed by atoms with Crippen LogP contribution < -0.4 is 4.74 Å². The summed E-state index contributed by atoms with van der Waals surface area (Å²) in [5.41, 5.74) is -0.812. The highest BCUT2D eigenvalue weighted by Gasteiger charge is 2.23. The highest BCUT2D eigenvalue weighted by molar-refractivity contribution is 5.72. The van der Waals surface area contributed by atoms with E-state index in [-0.39, 0.29) is 23.5 Å². The van der Waals surface area contributed by atoms with Crippen molar-refractivity contribution in [1.82, 2.24) is 0 Å². The maximum atomic E-state index is 14.7. The van der Waals surface area contributed by atoms with Crippen LogP contribution in [-0.4, -0.2) is 6.18 Å². The van der Waals surface area contributed by atoms with Gasteiger partial charge in [-0.05, 0) is 53.4 Å². The van der Waals surface area contributed by atoms with Gasteiger partial charge in [0, 0.05) is 5.56 Å². The highest BCUT2D eigenvalue weighted by Crippen LogP contribution is 2.35. The largest absolute Gasteiger partial charge is 0.459 e. The zero-order chi connectivity index (χ0) is 24.3. The molecule has 0 aliphatic heterocycles. The smallest absolute Gasteiger partial charge is 0.412 e. The molecule has 3 aromatic rings. The topological polar surface area (TPSA) is 9.23 Å². The standard InChI is InChI=1S/C24H16F8O/c1-2-3-13-4-5-16(17(25)8-13)14-9-18(26)22(19(27)10-14)15-11-20(28)23(21(29)12-15)33-7-6-24(30,31)32/h4-12H,2-3H2,1H3. The summed E-state index contributed by atoms with van der Waals surface area (Å²) in [5.74, 6) is -7.24. The molecule has 33 heavy (non-hydrogen) atoms. The fourth-order valence-corrected chi connectivity index (χ4v) is 3.24. The van der Waals surface area contributed by atoms with Crippen LogP contribution in [0.4, 0.5) is 35.1 Å². The molecule has 0 saturated heterocycles. The summed E-state index contributed by atoms with van der Waals surface area (Å²) in [6, 6.07) is 6.95. The predicted molar refractivity (Wildman–Crippen MR) is 107 cm³/mol. The summed E-state index contributed by atoms with van der Waals surface area (Å²) in [5, 5.41) is 0. The quantitative estimate of drug-likeness (QED) is 0.260. The van der Waals surface area contributed by atoms with Gasteiger partial charge in [0.15, 0.2) is 17.4 Å². The van der Waals surface area contributed by atoms with E-state index in [4.69, 9.17) is 0 Å². The Labute approximate surface area is 183 Å². The molecule has 0 bridgehead atoms. The Balaban J connectivity index is 1.97. The molecule has 0 amide bonds. The summed E-state index contributed by atoms with van der Waals surface area (Å²) in [6.45, 7) is 1.92. The van der Waals surface area contributed by atoms with E-state index in [0.717, 1.165) is 24.1 Å². The maximum absolute atomic E-state index is 14.7. The van der Waals surface area contributed by atoms with E-state index in [2.05, 4.69) is 4.74 Å². The van der Waals surface area contributed by atoms with Crippen molar-refractivity contribution in [1.29, 1.82) is 0 Å². The van der Waals surface area contributed by atoms with Crippen LogP contribution in [0.1, 0.15) is 18.9 Å². The van der Waals surface area contributed by atoms with Gasteiger partial charge in [0.05, 0.1) is 17.9 Å². The number of rotatable bonds is 6. The number of allylic oxidation sites excluding steroid dienone is 1. The van der Waals surface area contributed by atoms with Gasteiger partial charge in [-0.2, -0.15) is 13.2 Å². The van der Waals surface area contributed by atoms with Gasteiger partial charge in [-0.15, -0.1) is 0 Å². The molecule has 3 aromatic carbocycles. The molecule has 3 rings (SSSR count). The fourth-order valence-electron chi connectivity index (χ4n) is 3.24. The van der Waals surface area contributed by atoms with Gasteiger partial charge in [0.25, 0.3) is 0 Å². The molecule has 0 aliphatic rings. The number of hydrogen-bond donors (Lipinski definition) is 0. The molecule has 174 valence electrons. The van der Waals surface area contributed by atoms with Crippen LogP contribution in [0.15, 0.2) is 54.8 Å². The van der Waals surface area contributed by atoms with Crippen LogP contribution >= 0.6 is 0 Å². The summed E-state index contributed by atoms with van der Waals surface area (Å²) in [4.78, 5) is 0. The van der Waals surface area contributed by atoms with Crippen molar-refractivity contribution in [2.24, 2.45) is 0 Å². The first-order valence-electron chi connectivity index (χ1n) is 9.68. The van der Waals surface area contributed by atoms with Crippen molar-refractivity contribution < 1.29 is 39.9 Å². The van der Waals surface area contributed by atoms with Crippen LogP contribution in [-0.2, 0) is 6.42 Å². The van der Waals surface area contributed by atoms with E-state index in [1.165, 1.54) is 12.1 Å². The number of benzene rings is 3. The Bertz CT molecular complexity index is 1150. The van der Waals surface area contributed by atoms with E-state index in [9.17, 15) is 35.1 Å². The maximum Gasteiger partial charge on any atom is 0.412 e. The Kier molecular flexibility index (Phi) is 7.09. The van der Waals surface area contributed by atoms with Crippen LogP contribution in [0.5, 0.6) is 5.75 Å². The molecule has 0 atom stereocenters. The second kappa shape index (κ2) is 9.64. The first-order chi connectivity index (χ1) is 15.5. The lowest BCUT2D eigenvalue weighted by atomic mass is 9.97. The minimum atomic E-state index is -4.77. The number of halogens is 8. The minimum Gasteiger partial charge on any atom is -0.459 e. The molecule has 1 nitrogen and oxygen atoms in total. The van der Waals surface area contributed by atoms with Crippen LogP contribution in [0.2, 0.25) is 0 Å². The molecular formula is C24H16F8O. The third-order valence-corrected chi connectivity index (χ3v) is 4.66. The predicted octanol–water partition coefficient (Wildman–Crippen LogP) is 8.12. The Morgan fingerprint density at radius 1 is 0.758 bits per heavy atom. The normalized spacial score (nSPS) is 11.9. The second-order valence-electron chi connectivity index (χ2n) is 7.11. The summed E-state index contributed by atoms with van der Waals surface area (Å²) >= 11 is 0. The van der Waals surface area contributed by atoms with Crippen molar-refractivity contribution >= 4 is 0 Å². The monoisotopic (exact) mass is 472 g/mol. The van der Waals surface area contributed by atoms with E-state index < -0.39 is 52.1 Å². The van der Waals surface area contributed by atoms with E-state index in [0.29, 0.717) is 18.6 Å². The Morgan fingerprint density at radius 3 is 1.85 bits per heavy atom. The van der Waals surface area contributed by atoms with E-state index in [1.807, 2.05) is 6.92 Å². The van der Waals surface area contributed by atoms with Crippen molar-refractivity contribution in [2.75, 3.05) is 0 Å². The van der Waals surface area contributed by atoms with Gasteiger partial charge in [0.1, 0.15) is 17.5 Å². The van der Waals surface area contributed by atoms with E-state index >= 15 is 0 Å². The lowest BCUT2D eigenvalue weighted by molar-refractivity contribution is -0.0809. The van der Waals surface area contributed by atoms with Gasteiger partial charge >= 0.3 is 6.18 Å². The minimum absolute atomic E-state index is 0.0391. The average Bonchev–Trinajstić information content (AvgIpc) is 2.69. The molecule has 0 radical (unpaired) electrons. The molecule has 0 N–H and O–H groups in total. The third kappa shape index (κ3) is 5.71.